The standard InChI is InChI=1S/C22H22N4O4/c1-15-12-19(16-6-3-8-18(13-16)26(28)29)20(21(27)30-11-5-9-23)22(2,25-15)17-7-4-10-24-14-17/h3-4,6-8,10,12-14,19-20,25H,5,11H2,1-2H3. The molecule has 0 saturated heterocycles. The number of esters is 1. The summed E-state index contributed by atoms with van der Waals surface area (Å²) < 4.78 is 5.42. The molecule has 3 unspecified atom stereocenters. The number of rotatable bonds is 6. The molecule has 0 spiro atoms. The van der Waals surface area contributed by atoms with E-state index in [4.69, 9.17) is 10.00 Å². The van der Waals surface area contributed by atoms with Crippen molar-refractivity contribution < 1.29 is 14.5 Å². The molecular weight excluding hydrogens is 384 g/mol. The number of nitro groups is 1. The van der Waals surface area contributed by atoms with E-state index < -0.39 is 28.3 Å². The van der Waals surface area contributed by atoms with Crippen molar-refractivity contribution in [1.82, 2.24) is 10.3 Å². The summed E-state index contributed by atoms with van der Waals surface area (Å²) in [6, 6.07) is 11.9. The summed E-state index contributed by atoms with van der Waals surface area (Å²) in [7, 11) is 0. The molecule has 3 atom stereocenters. The first kappa shape index (κ1) is 21.0. The molecule has 0 bridgehead atoms. The third kappa shape index (κ3) is 4.15. The molecule has 1 aromatic carbocycles. The number of nitro benzene ring substituents is 1. The molecular formula is C22H22N4O4. The Bertz CT molecular complexity index is 1020. The molecule has 0 fully saturated rings. The monoisotopic (exact) mass is 406 g/mol. The van der Waals surface area contributed by atoms with Crippen molar-refractivity contribution in [2.45, 2.75) is 31.7 Å². The zero-order valence-electron chi connectivity index (χ0n) is 16.7. The Labute approximate surface area is 174 Å². The summed E-state index contributed by atoms with van der Waals surface area (Å²) in [6.07, 6.45) is 5.31. The number of carbonyl (C=O) groups excluding carboxylic acids is 1. The second-order valence-corrected chi connectivity index (χ2v) is 7.35. The number of non-ortho nitro benzene ring substituents is 1. The van der Waals surface area contributed by atoms with E-state index in [2.05, 4.69) is 10.3 Å². The van der Waals surface area contributed by atoms with Crippen molar-refractivity contribution in [2.75, 3.05) is 6.61 Å². The van der Waals surface area contributed by atoms with Crippen LogP contribution in [0, 0.1) is 27.4 Å². The van der Waals surface area contributed by atoms with Gasteiger partial charge in [-0.15, -0.1) is 0 Å². The molecule has 0 aliphatic carbocycles. The van der Waals surface area contributed by atoms with Crippen LogP contribution in [0.2, 0.25) is 0 Å². The van der Waals surface area contributed by atoms with Gasteiger partial charge >= 0.3 is 5.97 Å². The molecule has 2 aromatic rings. The number of ether oxygens (including phenoxy) is 1. The van der Waals surface area contributed by atoms with E-state index in [1.807, 2.05) is 32.1 Å². The number of hydrogen-bond donors (Lipinski definition) is 1. The van der Waals surface area contributed by atoms with Crippen LogP contribution in [0.25, 0.3) is 0 Å². The van der Waals surface area contributed by atoms with Crippen LogP contribution in [0.4, 0.5) is 5.69 Å². The van der Waals surface area contributed by atoms with E-state index in [0.717, 1.165) is 11.3 Å². The fourth-order valence-electron chi connectivity index (χ4n) is 3.98. The van der Waals surface area contributed by atoms with Gasteiger partial charge in [0.2, 0.25) is 0 Å². The van der Waals surface area contributed by atoms with Crippen LogP contribution in [0.15, 0.2) is 60.6 Å². The topological polar surface area (TPSA) is 118 Å². The smallest absolute Gasteiger partial charge is 0.312 e. The Morgan fingerprint density at radius 1 is 1.40 bits per heavy atom. The highest BCUT2D eigenvalue weighted by Gasteiger charge is 2.49. The number of allylic oxidation sites excluding steroid dienone is 2. The number of benzene rings is 1. The van der Waals surface area contributed by atoms with E-state index in [1.54, 1.807) is 30.6 Å². The minimum atomic E-state index is -0.869. The minimum absolute atomic E-state index is 0.0146. The van der Waals surface area contributed by atoms with E-state index in [9.17, 15) is 14.9 Å². The first-order valence-corrected chi connectivity index (χ1v) is 9.52. The van der Waals surface area contributed by atoms with Crippen LogP contribution in [-0.2, 0) is 15.1 Å². The lowest BCUT2D eigenvalue weighted by atomic mass is 9.68. The molecule has 1 N–H and O–H groups in total. The van der Waals surface area contributed by atoms with Crippen molar-refractivity contribution in [1.29, 1.82) is 5.26 Å². The summed E-state index contributed by atoms with van der Waals surface area (Å²) in [6.45, 7) is 3.76. The average molecular weight is 406 g/mol. The van der Waals surface area contributed by atoms with E-state index >= 15 is 0 Å². The molecule has 154 valence electrons. The molecule has 0 amide bonds. The first-order chi connectivity index (χ1) is 14.4. The van der Waals surface area contributed by atoms with Gasteiger partial charge in [-0.05, 0) is 31.0 Å². The molecule has 2 heterocycles. The molecule has 1 aliphatic rings. The van der Waals surface area contributed by atoms with Crippen molar-refractivity contribution >= 4 is 11.7 Å². The summed E-state index contributed by atoms with van der Waals surface area (Å²) in [5.74, 6) is -1.68. The molecule has 0 radical (unpaired) electrons. The Morgan fingerprint density at radius 3 is 2.87 bits per heavy atom. The predicted octanol–water partition coefficient (Wildman–Crippen LogP) is 3.57. The lowest BCUT2D eigenvalue weighted by Crippen LogP contribution is -2.53. The van der Waals surface area contributed by atoms with Gasteiger partial charge in [0.15, 0.2) is 0 Å². The van der Waals surface area contributed by atoms with Crippen LogP contribution < -0.4 is 5.32 Å². The summed E-state index contributed by atoms with van der Waals surface area (Å²) in [4.78, 5) is 28.2. The van der Waals surface area contributed by atoms with Crippen molar-refractivity contribution in [3.63, 3.8) is 0 Å². The highest BCUT2D eigenvalue weighted by atomic mass is 16.6. The summed E-state index contributed by atoms with van der Waals surface area (Å²) >= 11 is 0. The average Bonchev–Trinajstić information content (AvgIpc) is 2.74. The molecule has 30 heavy (non-hydrogen) atoms. The lowest BCUT2D eigenvalue weighted by Gasteiger charge is -2.45. The van der Waals surface area contributed by atoms with Gasteiger partial charge in [0, 0.05) is 36.1 Å². The van der Waals surface area contributed by atoms with E-state index in [0.29, 0.717) is 5.56 Å². The lowest BCUT2D eigenvalue weighted by molar-refractivity contribution is -0.384. The fraction of sp³-hybridized carbons (Fsp3) is 0.318. The number of aromatic nitrogens is 1. The quantitative estimate of drug-likeness (QED) is 0.337. The van der Waals surface area contributed by atoms with Crippen LogP contribution in [0.5, 0.6) is 0 Å². The van der Waals surface area contributed by atoms with Crippen molar-refractivity contribution in [3.8, 4) is 6.07 Å². The molecule has 8 nitrogen and oxygen atoms in total. The fourth-order valence-corrected chi connectivity index (χ4v) is 3.98. The van der Waals surface area contributed by atoms with Gasteiger partial charge in [-0.2, -0.15) is 5.26 Å². The Kier molecular flexibility index (Phi) is 6.11. The zero-order chi connectivity index (χ0) is 21.7. The van der Waals surface area contributed by atoms with Crippen LogP contribution in [0.1, 0.15) is 37.3 Å². The minimum Gasteiger partial charge on any atom is -0.464 e. The number of nitrogens with zero attached hydrogens (tertiary/aromatic N) is 3. The molecule has 8 heteroatoms. The molecule has 1 aromatic heterocycles. The number of hydrogen-bond acceptors (Lipinski definition) is 7. The Hall–Kier alpha value is -3.73. The Morgan fingerprint density at radius 2 is 2.20 bits per heavy atom. The summed E-state index contributed by atoms with van der Waals surface area (Å²) in [5.41, 5.74) is 1.35. The molecule has 0 saturated carbocycles. The Balaban J connectivity index is 2.12. The van der Waals surface area contributed by atoms with Crippen molar-refractivity contribution in [2.24, 2.45) is 5.92 Å². The zero-order valence-corrected chi connectivity index (χ0v) is 16.7. The third-order valence-corrected chi connectivity index (χ3v) is 5.31. The number of pyridine rings is 1. The van der Waals surface area contributed by atoms with Gasteiger partial charge < -0.3 is 10.1 Å². The van der Waals surface area contributed by atoms with Gasteiger partial charge in [0.05, 0.1) is 28.9 Å². The molecule has 1 aliphatic heterocycles. The highest BCUT2D eigenvalue weighted by molar-refractivity contribution is 5.77. The normalized spacial score (nSPS) is 22.9. The van der Waals surface area contributed by atoms with Gasteiger partial charge in [-0.25, -0.2) is 0 Å². The number of nitriles is 1. The third-order valence-electron chi connectivity index (χ3n) is 5.31. The maximum absolute atomic E-state index is 13.2. The van der Waals surface area contributed by atoms with Crippen molar-refractivity contribution in [3.05, 3.63) is 81.8 Å². The maximum Gasteiger partial charge on any atom is 0.312 e. The maximum atomic E-state index is 13.2. The van der Waals surface area contributed by atoms with Crippen LogP contribution in [0.3, 0.4) is 0 Å². The van der Waals surface area contributed by atoms with Gasteiger partial charge in [-0.1, -0.05) is 24.3 Å². The second kappa shape index (κ2) is 8.74. The van der Waals surface area contributed by atoms with Gasteiger partial charge in [0.25, 0.3) is 5.69 Å². The second-order valence-electron chi connectivity index (χ2n) is 7.35. The summed E-state index contributed by atoms with van der Waals surface area (Å²) in [5, 5.41) is 23.5. The van der Waals surface area contributed by atoms with E-state index in [1.165, 1.54) is 12.1 Å². The predicted molar refractivity (Wildman–Crippen MR) is 109 cm³/mol. The van der Waals surface area contributed by atoms with Gasteiger partial charge in [-0.3, -0.25) is 19.9 Å². The van der Waals surface area contributed by atoms with Crippen LogP contribution >= 0.6 is 0 Å². The van der Waals surface area contributed by atoms with E-state index in [-0.39, 0.29) is 18.7 Å². The van der Waals surface area contributed by atoms with Crippen LogP contribution in [-0.4, -0.2) is 22.5 Å². The van der Waals surface area contributed by atoms with Gasteiger partial charge in [0.1, 0.15) is 6.61 Å². The highest BCUT2D eigenvalue weighted by Crippen LogP contribution is 2.45. The number of carbonyl (C=O) groups is 1. The molecule has 3 rings (SSSR count). The largest absolute Gasteiger partial charge is 0.464 e. The first-order valence-electron chi connectivity index (χ1n) is 9.52. The number of nitrogens with one attached hydrogen (secondary N) is 1. The SMILES string of the molecule is CC1=CC(c2cccc([N+](=O)[O-])c2)C(C(=O)OCCC#N)C(C)(c2cccnc2)N1.